The number of pyridine rings is 1. The third-order valence-corrected chi connectivity index (χ3v) is 4.11. The summed E-state index contributed by atoms with van der Waals surface area (Å²) in [6.45, 7) is 4.84. The summed E-state index contributed by atoms with van der Waals surface area (Å²) in [5.41, 5.74) is 1.01. The highest BCUT2D eigenvalue weighted by Gasteiger charge is 2.34. The van der Waals surface area contributed by atoms with Crippen LogP contribution in [0.15, 0.2) is 22.7 Å². The Labute approximate surface area is 139 Å². The van der Waals surface area contributed by atoms with Gasteiger partial charge >= 0.3 is 0 Å². The molecule has 2 aromatic heterocycles. The molecule has 1 unspecified atom stereocenters. The number of rotatable bonds is 4. The molecule has 122 valence electrons. The van der Waals surface area contributed by atoms with E-state index in [1.165, 1.54) is 0 Å². The normalized spacial score (nSPS) is 17.5. The van der Waals surface area contributed by atoms with Crippen LogP contribution in [-0.4, -0.2) is 34.1 Å². The minimum absolute atomic E-state index is 0.127. The molecule has 3 heterocycles. The van der Waals surface area contributed by atoms with Gasteiger partial charge < -0.3 is 14.2 Å². The Kier molecular flexibility index (Phi) is 4.52. The maximum atomic E-state index is 12.9. The first kappa shape index (κ1) is 15.8. The number of carbonyl (C=O) groups is 1. The molecule has 0 aromatic carbocycles. The highest BCUT2D eigenvalue weighted by atomic mass is 35.5. The number of halogens is 1. The summed E-state index contributed by atoms with van der Waals surface area (Å²) in [4.78, 5) is 18.9. The van der Waals surface area contributed by atoms with Gasteiger partial charge in [-0.1, -0.05) is 16.8 Å². The lowest BCUT2D eigenvalue weighted by Gasteiger charge is -2.22. The minimum Gasteiger partial charge on any atom is -0.478 e. The van der Waals surface area contributed by atoms with Crippen molar-refractivity contribution in [1.29, 1.82) is 0 Å². The predicted octanol–water partition coefficient (Wildman–Crippen LogP) is 3.41. The highest BCUT2D eigenvalue weighted by Crippen LogP contribution is 2.34. The molecule has 1 atom stereocenters. The average Bonchev–Trinajstić information content (AvgIpc) is 3.17. The summed E-state index contributed by atoms with van der Waals surface area (Å²) in [7, 11) is 0. The van der Waals surface area contributed by atoms with E-state index in [0.717, 1.165) is 18.5 Å². The number of likely N-dealkylation sites (tertiary alicyclic amines) is 1. The van der Waals surface area contributed by atoms with Crippen molar-refractivity contribution in [2.75, 3.05) is 13.2 Å². The van der Waals surface area contributed by atoms with Crippen molar-refractivity contribution in [1.82, 2.24) is 15.0 Å². The lowest BCUT2D eigenvalue weighted by molar-refractivity contribution is 0.0707. The molecule has 0 spiro atoms. The summed E-state index contributed by atoms with van der Waals surface area (Å²) < 4.78 is 10.7. The Morgan fingerprint density at radius 1 is 1.52 bits per heavy atom. The predicted molar refractivity (Wildman–Crippen MR) is 84.7 cm³/mol. The zero-order valence-corrected chi connectivity index (χ0v) is 13.8. The van der Waals surface area contributed by atoms with E-state index in [2.05, 4.69) is 10.1 Å². The molecule has 1 fully saturated rings. The smallest absolute Gasteiger partial charge is 0.274 e. The quantitative estimate of drug-likeness (QED) is 0.856. The number of amides is 1. The summed E-state index contributed by atoms with van der Waals surface area (Å²) in [5, 5.41) is 4.23. The Bertz CT molecular complexity index is 716. The molecule has 1 aliphatic rings. The SMILES string of the molecule is CCOc1ccc(Cl)c(C(=O)N2CCCC2c2cc(C)no2)n1. The van der Waals surface area contributed by atoms with E-state index in [-0.39, 0.29) is 17.6 Å². The monoisotopic (exact) mass is 335 g/mol. The molecule has 0 saturated carbocycles. The largest absolute Gasteiger partial charge is 0.478 e. The van der Waals surface area contributed by atoms with Crippen LogP contribution in [0, 0.1) is 6.92 Å². The number of aromatic nitrogens is 2. The van der Waals surface area contributed by atoms with E-state index in [0.29, 0.717) is 29.8 Å². The van der Waals surface area contributed by atoms with Crippen LogP contribution < -0.4 is 4.74 Å². The summed E-state index contributed by atoms with van der Waals surface area (Å²) in [5.74, 6) is 0.880. The Hall–Kier alpha value is -2.08. The van der Waals surface area contributed by atoms with E-state index < -0.39 is 0 Å². The van der Waals surface area contributed by atoms with E-state index in [9.17, 15) is 4.79 Å². The number of hydrogen-bond acceptors (Lipinski definition) is 5. The summed E-state index contributed by atoms with van der Waals surface area (Å²) in [6, 6.07) is 5.03. The molecule has 23 heavy (non-hydrogen) atoms. The molecule has 0 N–H and O–H groups in total. The van der Waals surface area contributed by atoms with Crippen LogP contribution in [0.3, 0.4) is 0 Å². The fourth-order valence-electron chi connectivity index (χ4n) is 2.78. The fourth-order valence-corrected chi connectivity index (χ4v) is 2.97. The van der Waals surface area contributed by atoms with Gasteiger partial charge in [-0.2, -0.15) is 0 Å². The zero-order valence-electron chi connectivity index (χ0n) is 13.1. The number of ether oxygens (including phenoxy) is 1. The molecule has 6 nitrogen and oxygen atoms in total. The van der Waals surface area contributed by atoms with Gasteiger partial charge in [0, 0.05) is 18.7 Å². The number of nitrogens with zero attached hydrogens (tertiary/aromatic N) is 3. The van der Waals surface area contributed by atoms with Crippen molar-refractivity contribution in [3.63, 3.8) is 0 Å². The van der Waals surface area contributed by atoms with Crippen LogP contribution in [-0.2, 0) is 0 Å². The first-order chi connectivity index (χ1) is 11.1. The third kappa shape index (κ3) is 3.17. The maximum absolute atomic E-state index is 12.9. The van der Waals surface area contributed by atoms with Gasteiger partial charge in [0.1, 0.15) is 0 Å². The topological polar surface area (TPSA) is 68.5 Å². The molecule has 0 bridgehead atoms. The third-order valence-electron chi connectivity index (χ3n) is 3.80. The first-order valence-corrected chi connectivity index (χ1v) is 8.01. The molecule has 1 aliphatic heterocycles. The fraction of sp³-hybridized carbons (Fsp3) is 0.438. The Morgan fingerprint density at radius 3 is 3.04 bits per heavy atom. The van der Waals surface area contributed by atoms with Crippen LogP contribution in [0.25, 0.3) is 0 Å². The van der Waals surface area contributed by atoms with Crippen LogP contribution >= 0.6 is 11.6 Å². The van der Waals surface area contributed by atoms with Gasteiger partial charge in [0.2, 0.25) is 5.88 Å². The number of aryl methyl sites for hydroxylation is 1. The standard InChI is InChI=1S/C16H18ClN3O3/c1-3-22-14-7-6-11(17)15(18-14)16(21)20-8-4-5-12(20)13-9-10(2)19-23-13/h6-7,9,12H,3-5,8H2,1-2H3. The van der Waals surface area contributed by atoms with Gasteiger partial charge in [0.25, 0.3) is 5.91 Å². The van der Waals surface area contributed by atoms with Crippen molar-refractivity contribution >= 4 is 17.5 Å². The lowest BCUT2D eigenvalue weighted by Crippen LogP contribution is -2.31. The van der Waals surface area contributed by atoms with Crippen LogP contribution in [0.5, 0.6) is 5.88 Å². The van der Waals surface area contributed by atoms with Crippen molar-refractivity contribution < 1.29 is 14.1 Å². The van der Waals surface area contributed by atoms with Crippen LogP contribution in [0.1, 0.15) is 47.7 Å². The molecular formula is C16H18ClN3O3. The summed E-state index contributed by atoms with van der Waals surface area (Å²) in [6.07, 6.45) is 1.74. The van der Waals surface area contributed by atoms with E-state index in [1.807, 2.05) is 19.9 Å². The molecule has 1 saturated heterocycles. The van der Waals surface area contributed by atoms with Crippen molar-refractivity contribution in [2.45, 2.75) is 32.7 Å². The molecular weight excluding hydrogens is 318 g/mol. The second-order valence-corrected chi connectivity index (χ2v) is 5.85. The zero-order chi connectivity index (χ0) is 16.4. The highest BCUT2D eigenvalue weighted by molar-refractivity contribution is 6.33. The van der Waals surface area contributed by atoms with Gasteiger partial charge in [-0.25, -0.2) is 4.98 Å². The molecule has 2 aromatic rings. The van der Waals surface area contributed by atoms with Crippen molar-refractivity contribution in [3.8, 4) is 5.88 Å². The van der Waals surface area contributed by atoms with Crippen LogP contribution in [0.4, 0.5) is 0 Å². The van der Waals surface area contributed by atoms with Gasteiger partial charge in [0.15, 0.2) is 11.5 Å². The van der Waals surface area contributed by atoms with Crippen molar-refractivity contribution in [3.05, 3.63) is 40.4 Å². The Balaban J connectivity index is 1.88. The maximum Gasteiger partial charge on any atom is 0.274 e. The van der Waals surface area contributed by atoms with Crippen LogP contribution in [0.2, 0.25) is 5.02 Å². The van der Waals surface area contributed by atoms with E-state index in [1.54, 1.807) is 17.0 Å². The second-order valence-electron chi connectivity index (χ2n) is 5.44. The Morgan fingerprint density at radius 2 is 2.35 bits per heavy atom. The average molecular weight is 336 g/mol. The molecule has 0 radical (unpaired) electrons. The first-order valence-electron chi connectivity index (χ1n) is 7.63. The minimum atomic E-state index is -0.215. The molecule has 1 amide bonds. The van der Waals surface area contributed by atoms with Gasteiger partial charge in [-0.3, -0.25) is 4.79 Å². The lowest BCUT2D eigenvalue weighted by atomic mass is 10.1. The molecule has 3 rings (SSSR count). The van der Waals surface area contributed by atoms with Gasteiger partial charge in [-0.05, 0) is 32.8 Å². The van der Waals surface area contributed by atoms with Crippen molar-refractivity contribution in [2.24, 2.45) is 0 Å². The van der Waals surface area contributed by atoms with E-state index >= 15 is 0 Å². The molecule has 0 aliphatic carbocycles. The molecule has 7 heteroatoms. The number of hydrogen-bond donors (Lipinski definition) is 0. The summed E-state index contributed by atoms with van der Waals surface area (Å²) >= 11 is 6.17. The van der Waals surface area contributed by atoms with Gasteiger partial charge in [0.05, 0.1) is 23.4 Å². The second kappa shape index (κ2) is 6.58. The number of carbonyl (C=O) groups excluding carboxylic acids is 1. The van der Waals surface area contributed by atoms with Gasteiger partial charge in [-0.15, -0.1) is 0 Å². The van der Waals surface area contributed by atoms with E-state index in [4.69, 9.17) is 20.9 Å².